The zero-order valence-corrected chi connectivity index (χ0v) is 33.0. The average molecular weight is 690 g/mol. The average Bonchev–Trinajstić information content (AvgIpc) is 3.66. The van der Waals surface area contributed by atoms with Gasteiger partial charge in [-0.1, -0.05) is 57.6 Å². The predicted octanol–water partition coefficient (Wildman–Crippen LogP) is 8.32. The third-order valence-corrected chi connectivity index (χ3v) is 15.0. The lowest BCUT2D eigenvalue weighted by atomic mass is 9.36. The summed E-state index contributed by atoms with van der Waals surface area (Å²) in [4.78, 5) is 28.3. The highest BCUT2D eigenvalue weighted by Crippen LogP contribution is 2.75. The molecule has 5 saturated carbocycles. The largest absolute Gasteiger partial charge is 0.393 e. The number of ketones is 1. The van der Waals surface area contributed by atoms with Gasteiger partial charge < -0.3 is 25.9 Å². The smallest absolute Gasteiger partial charge is 0.244 e. The molecule has 5 rings (SSSR count). The number of carbonyl (C=O) groups excluding carboxylic acids is 2. The first-order valence-electron chi connectivity index (χ1n) is 20.2. The summed E-state index contributed by atoms with van der Waals surface area (Å²) in [5, 5.41) is 16.3. The number of hydrogen-bond donors (Lipinski definition) is 3. The van der Waals surface area contributed by atoms with Crippen molar-refractivity contribution in [2.24, 2.45) is 51.6 Å². The molecular formula is C44H71N3O3. The number of aliphatic hydroxyl groups excluding tert-OH is 1. The molecule has 0 aromatic rings. The monoisotopic (exact) mass is 690 g/mol. The first-order chi connectivity index (χ1) is 23.5. The van der Waals surface area contributed by atoms with Crippen LogP contribution in [-0.2, 0) is 9.59 Å². The molecule has 5 aliphatic rings. The third kappa shape index (κ3) is 7.69. The second kappa shape index (κ2) is 15.5. The van der Waals surface area contributed by atoms with Crippen LogP contribution >= 0.6 is 0 Å². The van der Waals surface area contributed by atoms with Crippen molar-refractivity contribution in [1.82, 2.24) is 10.2 Å². The summed E-state index contributed by atoms with van der Waals surface area (Å²) in [5.41, 5.74) is 11.9. The van der Waals surface area contributed by atoms with E-state index in [0.717, 1.165) is 82.1 Å². The zero-order valence-electron chi connectivity index (χ0n) is 33.0. The van der Waals surface area contributed by atoms with Crippen LogP contribution in [0.2, 0.25) is 0 Å². The first-order valence-corrected chi connectivity index (χ1v) is 20.2. The Balaban J connectivity index is 1.28. The van der Waals surface area contributed by atoms with E-state index in [4.69, 9.17) is 5.73 Å². The first kappa shape index (κ1) is 39.2. The Morgan fingerprint density at radius 1 is 1.06 bits per heavy atom. The van der Waals surface area contributed by atoms with Gasteiger partial charge in [0.1, 0.15) is 5.78 Å². The van der Waals surface area contributed by atoms with Gasteiger partial charge in [0, 0.05) is 18.0 Å². The summed E-state index contributed by atoms with van der Waals surface area (Å²) in [6.45, 7) is 23.1. The molecule has 6 heteroatoms. The molecule has 0 aliphatic heterocycles. The van der Waals surface area contributed by atoms with Gasteiger partial charge in [-0.05, 0) is 181 Å². The maximum atomic E-state index is 13.1. The summed E-state index contributed by atoms with van der Waals surface area (Å²) in [7, 11) is 2.25. The van der Waals surface area contributed by atoms with E-state index in [2.05, 4.69) is 77.5 Å². The number of unbranched alkanes of at least 4 members (excludes halogenated alkanes) is 1. The Hall–Kier alpha value is -2.02. The molecule has 0 saturated heterocycles. The van der Waals surface area contributed by atoms with Crippen molar-refractivity contribution < 1.29 is 14.7 Å². The number of aliphatic hydroxyl groups is 1. The van der Waals surface area contributed by atoms with Gasteiger partial charge >= 0.3 is 0 Å². The van der Waals surface area contributed by atoms with Gasteiger partial charge in [-0.3, -0.25) is 4.79 Å². The predicted molar refractivity (Wildman–Crippen MR) is 206 cm³/mol. The Bertz CT molecular complexity index is 1390. The standard InChI is InChI=1S/C44H71N3O3/c1-28(2)14-12-16-34(41(45)50)39-33(25-30(4)48)27-44(8)36(39)26-38(49)40-42(6)19-18-37(31(5)35(42)17-20-43(40,44)7)46-21-13-23-47(9)22-11-10-15-32-24-29(32)3/h14-15,31,33,35-38,40,46,49H,3,10-13,16-27H2,1-2,4-9H3,(H2,45,50)/b32-15+,39-34+/t31-,33?,35?,36?,37?,38?,40?,42?,43-,44?/m0/s1. The van der Waals surface area contributed by atoms with Crippen LogP contribution in [-0.4, -0.2) is 60.5 Å². The minimum Gasteiger partial charge on any atom is -0.393 e. The molecule has 10 atom stereocenters. The molecule has 5 fully saturated rings. The van der Waals surface area contributed by atoms with Gasteiger partial charge in [0.05, 0.1) is 6.10 Å². The number of nitrogens with two attached hydrogens (primary N) is 1. The van der Waals surface area contributed by atoms with E-state index in [1.165, 1.54) is 29.6 Å². The Morgan fingerprint density at radius 2 is 1.76 bits per heavy atom. The maximum absolute atomic E-state index is 13.1. The number of allylic oxidation sites excluding steroid dienone is 6. The molecule has 6 nitrogen and oxygen atoms in total. The van der Waals surface area contributed by atoms with Gasteiger partial charge in [0.2, 0.25) is 5.91 Å². The number of primary amides is 1. The number of nitrogens with zero attached hydrogens (tertiary/aromatic N) is 1. The quantitative estimate of drug-likeness (QED) is 0.0914. The Kier molecular flexibility index (Phi) is 12.2. The van der Waals surface area contributed by atoms with E-state index >= 15 is 0 Å². The normalized spacial score (nSPS) is 39.5. The molecule has 1 amide bonds. The fourth-order valence-corrected chi connectivity index (χ4v) is 12.4. The van der Waals surface area contributed by atoms with Crippen molar-refractivity contribution in [3.8, 4) is 0 Å². The van der Waals surface area contributed by atoms with Crippen molar-refractivity contribution in [2.45, 2.75) is 144 Å². The minimum atomic E-state index is -0.435. The fraction of sp³-hybridized carbons (Fsp3) is 0.773. The summed E-state index contributed by atoms with van der Waals surface area (Å²) in [5.74, 6) is 1.22. The molecule has 5 aliphatic carbocycles. The summed E-state index contributed by atoms with van der Waals surface area (Å²) in [6.07, 6.45) is 16.7. The van der Waals surface area contributed by atoms with Crippen molar-refractivity contribution >= 4 is 11.7 Å². The number of carbonyl (C=O) groups is 2. The van der Waals surface area contributed by atoms with Crippen LogP contribution in [0.3, 0.4) is 0 Å². The number of Topliss-reactive ketones (excluding diaryl/α,β-unsaturated/α-hetero) is 1. The third-order valence-electron chi connectivity index (χ3n) is 15.0. The van der Waals surface area contributed by atoms with Crippen molar-refractivity contribution in [3.63, 3.8) is 0 Å². The van der Waals surface area contributed by atoms with Crippen molar-refractivity contribution in [1.29, 1.82) is 0 Å². The van der Waals surface area contributed by atoms with Crippen molar-refractivity contribution in [2.75, 3.05) is 26.7 Å². The second-order valence-electron chi connectivity index (χ2n) is 18.5. The van der Waals surface area contributed by atoms with E-state index in [0.29, 0.717) is 37.1 Å². The highest BCUT2D eigenvalue weighted by molar-refractivity contribution is 5.93. The molecule has 0 aromatic heterocycles. The van der Waals surface area contributed by atoms with E-state index in [-0.39, 0.29) is 45.7 Å². The van der Waals surface area contributed by atoms with Gasteiger partial charge in [0.25, 0.3) is 0 Å². The van der Waals surface area contributed by atoms with Crippen LogP contribution in [0.4, 0.5) is 0 Å². The van der Waals surface area contributed by atoms with E-state index in [1.807, 2.05) is 0 Å². The van der Waals surface area contributed by atoms with Gasteiger partial charge in [0.15, 0.2) is 0 Å². The van der Waals surface area contributed by atoms with Crippen LogP contribution in [0.1, 0.15) is 132 Å². The molecule has 0 heterocycles. The maximum Gasteiger partial charge on any atom is 0.244 e. The zero-order chi connectivity index (χ0) is 36.6. The van der Waals surface area contributed by atoms with Crippen LogP contribution in [0.15, 0.2) is 46.6 Å². The summed E-state index contributed by atoms with van der Waals surface area (Å²) < 4.78 is 0. The van der Waals surface area contributed by atoms with Crippen LogP contribution in [0.5, 0.6) is 0 Å². The SMILES string of the molecule is C=C1C/C1=C\CCCN(C)CCCNC1CCC2(C)C(CC[C@@]3(C)C2C(O)CC2/C(=C(\CCC=C(C)C)C(N)=O)C(CC(C)=O)CC23C)[C@@H]1C. The van der Waals surface area contributed by atoms with Crippen LogP contribution < -0.4 is 11.1 Å². The number of amides is 1. The summed E-state index contributed by atoms with van der Waals surface area (Å²) in [6, 6.07) is 0.518. The van der Waals surface area contributed by atoms with Gasteiger partial charge in [-0.15, -0.1) is 0 Å². The highest BCUT2D eigenvalue weighted by atomic mass is 16.3. The molecule has 50 heavy (non-hydrogen) atoms. The Labute approximate surface area is 304 Å². The molecule has 0 radical (unpaired) electrons. The number of hydrogen-bond acceptors (Lipinski definition) is 5. The molecule has 280 valence electrons. The van der Waals surface area contributed by atoms with Crippen LogP contribution in [0.25, 0.3) is 0 Å². The molecule has 4 N–H and O–H groups in total. The molecule has 0 aromatic carbocycles. The minimum absolute atomic E-state index is 0.0171. The lowest BCUT2D eigenvalue weighted by Gasteiger charge is -2.69. The number of rotatable bonds is 15. The highest BCUT2D eigenvalue weighted by Gasteiger charge is 2.70. The lowest BCUT2D eigenvalue weighted by molar-refractivity contribution is -0.227. The molecule has 0 bridgehead atoms. The molecule has 8 unspecified atom stereocenters. The number of fused-ring (bicyclic) bond motifs is 5. The number of nitrogens with one attached hydrogen (secondary N) is 1. The topological polar surface area (TPSA) is 95.7 Å². The Morgan fingerprint density at radius 3 is 2.40 bits per heavy atom. The van der Waals surface area contributed by atoms with Crippen molar-refractivity contribution in [3.05, 3.63) is 46.6 Å². The van der Waals surface area contributed by atoms with E-state index in [1.54, 1.807) is 6.92 Å². The van der Waals surface area contributed by atoms with E-state index < -0.39 is 6.10 Å². The fourth-order valence-electron chi connectivity index (χ4n) is 12.4. The lowest BCUT2D eigenvalue weighted by Crippen LogP contribution is -2.66. The second-order valence-corrected chi connectivity index (χ2v) is 18.5. The van der Waals surface area contributed by atoms with Gasteiger partial charge in [-0.25, -0.2) is 0 Å². The summed E-state index contributed by atoms with van der Waals surface area (Å²) >= 11 is 0. The molecule has 0 spiro atoms. The molecular weight excluding hydrogens is 619 g/mol. The van der Waals surface area contributed by atoms with Gasteiger partial charge in [-0.2, -0.15) is 0 Å². The van der Waals surface area contributed by atoms with E-state index in [9.17, 15) is 14.7 Å². The van der Waals surface area contributed by atoms with Crippen LogP contribution in [0, 0.1) is 45.8 Å².